The molecule has 0 saturated carbocycles. The Morgan fingerprint density at radius 1 is 0.621 bits per heavy atom. The van der Waals surface area contributed by atoms with E-state index in [4.69, 9.17) is 0 Å². The lowest BCUT2D eigenvalue weighted by atomic mass is 10.0. The van der Waals surface area contributed by atoms with Gasteiger partial charge in [0.05, 0.1) is 97.0 Å². The van der Waals surface area contributed by atoms with E-state index in [1.54, 1.807) is 52.9 Å². The lowest BCUT2D eigenvalue weighted by molar-refractivity contribution is -0.894. The molecule has 1 aliphatic heterocycles. The molecule has 5 rings (SSSR count). The van der Waals surface area contributed by atoms with Crippen LogP contribution < -0.4 is 24.8 Å². The average Bonchev–Trinajstić information content (AvgIpc) is 3.76. The van der Waals surface area contributed by atoms with Gasteiger partial charge in [-0.25, -0.2) is 21.5 Å². The first-order valence-electron chi connectivity index (χ1n) is 22.7. The lowest BCUT2D eigenvalue weighted by Gasteiger charge is -2.13. The van der Waals surface area contributed by atoms with Crippen LogP contribution in [-0.4, -0.2) is 106 Å². The lowest BCUT2D eigenvalue weighted by Crippen LogP contribution is -3.11. The number of hydrazone groups is 1. The number of amides is 1. The van der Waals surface area contributed by atoms with E-state index in [-0.39, 0.29) is 22.5 Å². The fourth-order valence-corrected chi connectivity index (χ4v) is 7.69. The van der Waals surface area contributed by atoms with Crippen molar-refractivity contribution in [3.05, 3.63) is 119 Å². The first-order valence-corrected chi connectivity index (χ1v) is 25.5. The molecule has 0 aliphatic carbocycles. The summed E-state index contributed by atoms with van der Waals surface area (Å²) in [7, 11) is -9.29. The molecule has 362 valence electrons. The molecule has 15 nitrogen and oxygen atoms in total. The van der Waals surface area contributed by atoms with Gasteiger partial charge in [-0.15, -0.1) is 0 Å². The molecule has 0 fully saturated rings. The van der Waals surface area contributed by atoms with Crippen LogP contribution in [0.15, 0.2) is 118 Å². The van der Waals surface area contributed by atoms with Gasteiger partial charge in [0, 0.05) is 5.56 Å². The van der Waals surface area contributed by atoms with Crippen LogP contribution >= 0.6 is 0 Å². The molecule has 3 aromatic carbocycles. The van der Waals surface area contributed by atoms with E-state index >= 15 is 0 Å². The van der Waals surface area contributed by atoms with Crippen LogP contribution in [0.2, 0.25) is 0 Å². The molecule has 0 spiro atoms. The van der Waals surface area contributed by atoms with Crippen molar-refractivity contribution in [2.24, 2.45) is 5.10 Å². The number of carbonyl (C=O) groups is 1. The predicted octanol–water partition coefficient (Wildman–Crippen LogP) is 3.30. The van der Waals surface area contributed by atoms with E-state index in [9.17, 15) is 35.8 Å². The highest BCUT2D eigenvalue weighted by molar-refractivity contribution is 7.86. The summed E-state index contributed by atoms with van der Waals surface area (Å²) >= 11 is 0. The minimum absolute atomic E-state index is 0.273. The number of anilines is 1. The van der Waals surface area contributed by atoms with Crippen LogP contribution in [0.25, 0.3) is 17.3 Å². The van der Waals surface area contributed by atoms with Crippen molar-refractivity contribution in [3.63, 3.8) is 0 Å². The summed E-state index contributed by atoms with van der Waals surface area (Å²) in [5, 5.41) is 22.9. The zero-order chi connectivity index (χ0) is 49.6. The van der Waals surface area contributed by atoms with E-state index < -0.39 is 41.8 Å². The van der Waals surface area contributed by atoms with Crippen LogP contribution in [0.3, 0.4) is 0 Å². The number of rotatable bonds is 17. The predicted molar refractivity (Wildman–Crippen MR) is 260 cm³/mol. The molecule has 66 heavy (non-hydrogen) atoms. The Kier molecular flexibility index (Phi) is 24.1. The van der Waals surface area contributed by atoms with E-state index in [1.807, 2.05) is 30.3 Å². The maximum Gasteiger partial charge on any atom is 0.280 e. The van der Waals surface area contributed by atoms with Gasteiger partial charge in [-0.2, -0.15) is 15.2 Å². The average molecular weight is 950 g/mol. The Morgan fingerprint density at radius 3 is 1.41 bits per heavy atom. The Morgan fingerprint density at radius 2 is 1.03 bits per heavy atom. The number of nitrogens with zero attached hydrogens (tertiary/aromatic N) is 4. The zero-order valence-electron chi connectivity index (χ0n) is 40.6. The van der Waals surface area contributed by atoms with Crippen LogP contribution in [-0.2, 0) is 25.0 Å². The molecule has 1 aromatic heterocycles. The largest absolute Gasteiger partial charge is 0.858 e. The maximum absolute atomic E-state index is 13.2. The quantitative estimate of drug-likeness (QED) is 0.0808. The number of benzene rings is 3. The first-order chi connectivity index (χ1) is 31.3. The second-order valence-corrected chi connectivity index (χ2v) is 18.0. The molecule has 17 heteroatoms. The van der Waals surface area contributed by atoms with Gasteiger partial charge in [-0.1, -0.05) is 48.6 Å². The number of hydrogen-bond acceptors (Lipinski definition) is 10. The topological polar surface area (TPSA) is 201 Å². The van der Waals surface area contributed by atoms with Crippen LogP contribution in [0.1, 0.15) is 86.1 Å². The van der Waals surface area contributed by atoms with Gasteiger partial charge in [0.25, 0.3) is 5.91 Å². The van der Waals surface area contributed by atoms with Gasteiger partial charge in [0.15, 0.2) is 0 Å². The van der Waals surface area contributed by atoms with Gasteiger partial charge in [-0.05, 0) is 148 Å². The number of carbonyl (C=O) groups excluding carboxylic acids is 1. The number of hydrogen-bond donors (Lipinski definition) is 3. The number of quaternary nitrogens is 3. The van der Waals surface area contributed by atoms with E-state index in [0.29, 0.717) is 17.0 Å². The molecule has 0 bridgehead atoms. The molecule has 1 amide bonds. The Bertz CT molecular complexity index is 2410. The van der Waals surface area contributed by atoms with Gasteiger partial charge < -0.3 is 28.9 Å². The molecular weight excluding hydrogens is 879 g/mol. The minimum atomic E-state index is -4.64. The monoisotopic (exact) mass is 949 g/mol. The maximum atomic E-state index is 13.2. The van der Waals surface area contributed by atoms with E-state index in [1.165, 1.54) is 83.2 Å². The van der Waals surface area contributed by atoms with Crippen molar-refractivity contribution in [1.82, 2.24) is 9.78 Å². The Labute approximate surface area is 393 Å². The van der Waals surface area contributed by atoms with Crippen LogP contribution in [0.4, 0.5) is 5.69 Å². The van der Waals surface area contributed by atoms with Crippen LogP contribution in [0.5, 0.6) is 5.88 Å². The summed E-state index contributed by atoms with van der Waals surface area (Å²) in [5.41, 5.74) is 3.34. The summed E-state index contributed by atoms with van der Waals surface area (Å²) in [4.78, 5) is 17.4. The van der Waals surface area contributed by atoms with Crippen molar-refractivity contribution in [2.45, 2.75) is 86.0 Å². The number of aryl methyl sites for hydroxylation is 1. The highest BCUT2D eigenvalue weighted by Gasteiger charge is 2.28. The van der Waals surface area contributed by atoms with Gasteiger partial charge >= 0.3 is 0 Å². The highest BCUT2D eigenvalue weighted by Crippen LogP contribution is 2.28. The van der Waals surface area contributed by atoms with Crippen molar-refractivity contribution >= 4 is 49.2 Å². The summed E-state index contributed by atoms with van der Waals surface area (Å²) < 4.78 is 68.6. The van der Waals surface area contributed by atoms with Gasteiger partial charge in [0.2, 0.25) is 0 Å². The third kappa shape index (κ3) is 17.2. The fraction of sp³-hybridized carbons (Fsp3) is 0.408. The van der Waals surface area contributed by atoms with Gasteiger partial charge in [0.1, 0.15) is 20.2 Å². The molecule has 1 aliphatic rings. The number of aromatic nitrogens is 2. The molecule has 3 N–H and O–H groups in total. The molecule has 0 saturated heterocycles. The third-order valence-electron chi connectivity index (χ3n) is 11.3. The molecule has 0 atom stereocenters. The van der Waals surface area contributed by atoms with Gasteiger partial charge in [-0.3, -0.25) is 4.79 Å². The van der Waals surface area contributed by atoms with Crippen LogP contribution in [0, 0.1) is 6.92 Å². The summed E-state index contributed by atoms with van der Waals surface area (Å²) in [6.45, 7) is 34.7. The zero-order valence-corrected chi connectivity index (χ0v) is 42.2. The van der Waals surface area contributed by atoms with Crippen molar-refractivity contribution < 1.29 is 50.5 Å². The third-order valence-corrected chi connectivity index (χ3v) is 13.0. The molecule has 0 radical (unpaired) electrons. The summed E-state index contributed by atoms with van der Waals surface area (Å²) in [6.07, 6.45) is 6.57. The normalized spacial score (nSPS) is 13.7. The summed E-state index contributed by atoms with van der Waals surface area (Å²) in [6, 6.07) is 18.9. The summed E-state index contributed by atoms with van der Waals surface area (Å²) in [5.74, 6) is -0.930. The second-order valence-electron chi connectivity index (χ2n) is 15.2. The molecule has 4 aromatic rings. The van der Waals surface area contributed by atoms with E-state index in [0.717, 1.165) is 39.5 Å². The number of allylic oxidation sites excluding steroid dienone is 4. The smallest absolute Gasteiger partial charge is 0.280 e. The second kappa shape index (κ2) is 28.0. The molecular formula is C49H71N7O8S2. The highest BCUT2D eigenvalue weighted by atomic mass is 32.2. The van der Waals surface area contributed by atoms with Crippen molar-refractivity contribution in [3.8, 4) is 11.6 Å². The minimum Gasteiger partial charge on any atom is -0.858 e. The molecule has 0 unspecified atom stereocenters. The van der Waals surface area contributed by atoms with Crippen molar-refractivity contribution in [2.75, 3.05) is 63.9 Å². The number of nitrogens with one attached hydrogen (secondary N) is 3. The van der Waals surface area contributed by atoms with Crippen molar-refractivity contribution in [1.29, 1.82) is 0 Å². The van der Waals surface area contributed by atoms with E-state index in [2.05, 4.69) is 72.5 Å². The molecule has 2 heterocycles. The Balaban J connectivity index is 0.000000589. The Hall–Kier alpha value is -5.27. The standard InChI is InChI=1S/C31H26N4O8S2.3C6H15N/c1-20-28(30(36)34(32-20)24-10-14-26(15-11-24)44(38,39)40)18-8-23(22-6-4-3-5-7-22)9-19-29-21(2)33-35(31(29)37)25-12-16-27(17-13-25)45(41,42)43;3*1-4-7(5-2)6-3/h3-19,36H,1-2H3,(H,38,39,40)(H,41,42,43);3*4-6H2,1-3H3/b18-8+,23-9-,29-19+;;;. The first kappa shape index (κ1) is 56.9. The SMILES string of the molecule is CC1=NN(c2ccc(S(=O)(=O)[O-])cc2)C(=O)/C1=C/C=C(/C=C/c1c(C)nn(-c2ccc(S(=O)(=O)[O-])cc2)c1[O-])c1ccccc1.CC[NH+](CC)CC.CC[NH+](CC)CC.CC[NH+](CC)CC. The fourth-order valence-electron chi connectivity index (χ4n) is 6.75.